The molecular weight excluding hydrogens is 414 g/mol. The Morgan fingerprint density at radius 2 is 2.03 bits per heavy atom. The van der Waals surface area contributed by atoms with Crippen LogP contribution in [0.2, 0.25) is 0 Å². The van der Waals surface area contributed by atoms with Gasteiger partial charge in [-0.3, -0.25) is 14.8 Å². The fourth-order valence-electron chi connectivity index (χ4n) is 3.80. The van der Waals surface area contributed by atoms with Crippen molar-refractivity contribution in [2.24, 2.45) is 10.9 Å². The van der Waals surface area contributed by atoms with Crippen LogP contribution in [0.25, 0.3) is 17.1 Å². The summed E-state index contributed by atoms with van der Waals surface area (Å²) in [6, 6.07) is 7.74. The predicted molar refractivity (Wildman–Crippen MR) is 128 cm³/mol. The number of hydrogen-bond donors (Lipinski definition) is 1. The van der Waals surface area contributed by atoms with Crippen LogP contribution in [0.1, 0.15) is 67.2 Å². The molecule has 0 atom stereocenters. The molecule has 0 bridgehead atoms. The summed E-state index contributed by atoms with van der Waals surface area (Å²) >= 11 is 0. The molecule has 0 radical (unpaired) electrons. The van der Waals surface area contributed by atoms with Crippen molar-refractivity contribution in [1.29, 1.82) is 0 Å². The number of carbonyl (C=O) groups excluding carboxylic acids is 1. The molecule has 3 aromatic heterocycles. The molecule has 1 N–H and O–H groups in total. The Bertz CT molecular complexity index is 1270. The second kappa shape index (κ2) is 8.69. The van der Waals surface area contributed by atoms with E-state index in [1.807, 2.05) is 42.8 Å². The highest BCUT2D eigenvalue weighted by atomic mass is 16.1. The van der Waals surface area contributed by atoms with E-state index >= 15 is 0 Å². The number of allylic oxidation sites excluding steroid dienone is 1. The summed E-state index contributed by atoms with van der Waals surface area (Å²) in [5.41, 5.74) is 5.14. The Kier molecular flexibility index (Phi) is 5.58. The van der Waals surface area contributed by atoms with Crippen molar-refractivity contribution in [3.05, 3.63) is 59.8 Å². The number of rotatable bonds is 7. The van der Waals surface area contributed by atoms with Gasteiger partial charge in [-0.2, -0.15) is 0 Å². The Morgan fingerprint density at radius 3 is 2.79 bits per heavy atom. The first kappa shape index (κ1) is 21.2. The molecule has 2 aliphatic carbocycles. The van der Waals surface area contributed by atoms with E-state index in [-0.39, 0.29) is 5.91 Å². The zero-order valence-electron chi connectivity index (χ0n) is 19.1. The highest BCUT2D eigenvalue weighted by molar-refractivity contribution is 6.03. The van der Waals surface area contributed by atoms with Gasteiger partial charge < -0.3 is 9.88 Å². The number of carbonyl (C=O) groups is 1. The van der Waals surface area contributed by atoms with Crippen molar-refractivity contribution in [2.45, 2.75) is 52.5 Å². The quantitative estimate of drug-likeness (QED) is 0.528. The number of aliphatic imine (C=N–C) groups is 1. The molecule has 0 aromatic carbocycles. The molecule has 0 aliphatic heterocycles. The summed E-state index contributed by atoms with van der Waals surface area (Å²) in [7, 11) is 0. The summed E-state index contributed by atoms with van der Waals surface area (Å²) in [5, 5.41) is 11.1. The van der Waals surface area contributed by atoms with E-state index in [4.69, 9.17) is 0 Å². The molecule has 0 spiro atoms. The van der Waals surface area contributed by atoms with E-state index in [9.17, 15) is 4.79 Å². The van der Waals surface area contributed by atoms with Crippen molar-refractivity contribution >= 4 is 23.0 Å². The van der Waals surface area contributed by atoms with Crippen LogP contribution < -0.4 is 5.32 Å². The van der Waals surface area contributed by atoms with Gasteiger partial charge in [0, 0.05) is 24.2 Å². The topological polar surface area (TPSA) is 98.0 Å². The second-order valence-corrected chi connectivity index (χ2v) is 8.90. The van der Waals surface area contributed by atoms with Gasteiger partial charge in [-0.25, -0.2) is 4.98 Å². The third-order valence-electron chi connectivity index (χ3n) is 6.12. The lowest BCUT2D eigenvalue weighted by Gasteiger charge is -2.10. The number of anilines is 1. The standard InChI is InChI=1S/C25H27N7O/c1-15(12-26-17(3)18-7-8-18)20-11-22(27-13-16(20)2)25(33)30-23-6-4-5-21(29-23)24-31-28-14-32(24)19-9-10-19/h4-6,11-14,18-19H,7-10H2,1-3H3,(H,29,30,33)/b15-12+,26-17+. The van der Waals surface area contributed by atoms with Gasteiger partial charge in [-0.05, 0) is 87.3 Å². The molecule has 3 aromatic rings. The third kappa shape index (κ3) is 4.74. The number of aryl methyl sites for hydroxylation is 1. The summed E-state index contributed by atoms with van der Waals surface area (Å²) in [6.07, 6.45) is 10.1. The van der Waals surface area contributed by atoms with E-state index in [0.29, 0.717) is 35.0 Å². The average Bonchev–Trinajstić information content (AvgIpc) is 3.76. The lowest BCUT2D eigenvalue weighted by atomic mass is 10.0. The highest BCUT2D eigenvalue weighted by Crippen LogP contribution is 2.37. The van der Waals surface area contributed by atoms with Crippen molar-refractivity contribution < 1.29 is 4.79 Å². The smallest absolute Gasteiger partial charge is 0.275 e. The normalized spacial score (nSPS) is 16.7. The van der Waals surface area contributed by atoms with Crippen LogP contribution in [0.4, 0.5) is 5.82 Å². The molecule has 168 valence electrons. The summed E-state index contributed by atoms with van der Waals surface area (Å²) < 4.78 is 2.05. The van der Waals surface area contributed by atoms with Gasteiger partial charge in [0.2, 0.25) is 0 Å². The van der Waals surface area contributed by atoms with E-state index in [1.54, 1.807) is 18.6 Å². The number of amides is 1. The molecule has 2 aliphatic rings. The van der Waals surface area contributed by atoms with Crippen LogP contribution >= 0.6 is 0 Å². The summed E-state index contributed by atoms with van der Waals surface area (Å²) in [5.74, 6) is 1.49. The molecule has 2 fully saturated rings. The first-order chi connectivity index (χ1) is 16.0. The Labute approximate surface area is 192 Å². The number of hydrogen-bond acceptors (Lipinski definition) is 6. The fourth-order valence-corrected chi connectivity index (χ4v) is 3.80. The monoisotopic (exact) mass is 441 g/mol. The Hall–Kier alpha value is -3.68. The van der Waals surface area contributed by atoms with Crippen LogP contribution in [0.5, 0.6) is 0 Å². The fraction of sp³-hybridized carbons (Fsp3) is 0.360. The molecular formula is C25H27N7O. The zero-order valence-corrected chi connectivity index (χ0v) is 19.1. The van der Waals surface area contributed by atoms with E-state index in [1.165, 1.54) is 18.6 Å². The van der Waals surface area contributed by atoms with Gasteiger partial charge >= 0.3 is 0 Å². The van der Waals surface area contributed by atoms with Crippen molar-refractivity contribution in [1.82, 2.24) is 24.7 Å². The van der Waals surface area contributed by atoms with Crippen LogP contribution in [0.15, 0.2) is 48.0 Å². The Morgan fingerprint density at radius 1 is 1.21 bits per heavy atom. The average molecular weight is 442 g/mol. The van der Waals surface area contributed by atoms with Gasteiger partial charge in [0.1, 0.15) is 23.5 Å². The number of pyridine rings is 2. The van der Waals surface area contributed by atoms with Gasteiger partial charge in [-0.15, -0.1) is 10.2 Å². The zero-order chi connectivity index (χ0) is 22.9. The SMILES string of the molecule is C/C(=C\N=C(/C)C1CC1)c1cc(C(=O)Nc2cccc(-c3nncn3C3CC3)n2)ncc1C. The first-order valence-electron chi connectivity index (χ1n) is 11.4. The molecule has 33 heavy (non-hydrogen) atoms. The minimum absolute atomic E-state index is 0.310. The number of aromatic nitrogens is 5. The lowest BCUT2D eigenvalue weighted by molar-refractivity contribution is 0.102. The van der Waals surface area contributed by atoms with Crippen LogP contribution in [-0.2, 0) is 0 Å². The summed E-state index contributed by atoms with van der Waals surface area (Å²) in [4.78, 5) is 26.5. The van der Waals surface area contributed by atoms with Gasteiger partial charge in [0.05, 0.1) is 0 Å². The van der Waals surface area contributed by atoms with Crippen LogP contribution in [-0.4, -0.2) is 36.4 Å². The van der Waals surface area contributed by atoms with Crippen molar-refractivity contribution in [3.8, 4) is 11.5 Å². The maximum atomic E-state index is 13.0. The first-order valence-corrected chi connectivity index (χ1v) is 11.4. The lowest BCUT2D eigenvalue weighted by Crippen LogP contribution is -2.15. The molecule has 8 heteroatoms. The predicted octanol–water partition coefficient (Wildman–Crippen LogP) is 4.86. The maximum Gasteiger partial charge on any atom is 0.275 e. The van der Waals surface area contributed by atoms with E-state index < -0.39 is 0 Å². The molecule has 1 amide bonds. The molecule has 2 saturated carbocycles. The van der Waals surface area contributed by atoms with Gasteiger partial charge in [-0.1, -0.05) is 6.07 Å². The van der Waals surface area contributed by atoms with Gasteiger partial charge in [0.15, 0.2) is 5.82 Å². The minimum atomic E-state index is -0.310. The second-order valence-electron chi connectivity index (χ2n) is 8.90. The minimum Gasteiger partial charge on any atom is -0.309 e. The van der Waals surface area contributed by atoms with Crippen LogP contribution in [0.3, 0.4) is 0 Å². The van der Waals surface area contributed by atoms with E-state index in [2.05, 4.69) is 37.4 Å². The number of nitrogens with zero attached hydrogens (tertiary/aromatic N) is 6. The molecule has 0 unspecified atom stereocenters. The largest absolute Gasteiger partial charge is 0.309 e. The Balaban J connectivity index is 1.35. The summed E-state index contributed by atoms with van der Waals surface area (Å²) in [6.45, 7) is 6.07. The van der Waals surface area contributed by atoms with Crippen molar-refractivity contribution in [2.75, 3.05) is 5.32 Å². The molecule has 3 heterocycles. The van der Waals surface area contributed by atoms with Crippen LogP contribution in [0, 0.1) is 12.8 Å². The van der Waals surface area contributed by atoms with E-state index in [0.717, 1.165) is 29.5 Å². The number of nitrogens with one attached hydrogen (secondary N) is 1. The van der Waals surface area contributed by atoms with Crippen molar-refractivity contribution in [3.63, 3.8) is 0 Å². The maximum absolute atomic E-state index is 13.0. The molecule has 0 saturated heterocycles. The highest BCUT2D eigenvalue weighted by Gasteiger charge is 2.27. The third-order valence-corrected chi connectivity index (χ3v) is 6.12. The van der Waals surface area contributed by atoms with Gasteiger partial charge in [0.25, 0.3) is 5.91 Å². The molecule has 8 nitrogen and oxygen atoms in total. The molecule has 5 rings (SSSR count).